The zero-order valence-corrected chi connectivity index (χ0v) is 12.9. The molecule has 0 aromatic carbocycles. The highest BCUT2D eigenvalue weighted by Crippen LogP contribution is 2.32. The Kier molecular flexibility index (Phi) is 4.89. The number of imidazole rings is 1. The molecule has 1 fully saturated rings. The van der Waals surface area contributed by atoms with Crippen LogP contribution < -0.4 is 5.32 Å². The lowest BCUT2D eigenvalue weighted by atomic mass is 9.78. The number of hydrogen-bond donors (Lipinski definition) is 1. The van der Waals surface area contributed by atoms with Gasteiger partial charge in [-0.25, -0.2) is 4.98 Å². The molecule has 3 nitrogen and oxygen atoms in total. The van der Waals surface area contributed by atoms with Gasteiger partial charge in [0.15, 0.2) is 0 Å². The molecule has 0 saturated heterocycles. The number of aryl methyl sites for hydroxylation is 2. The topological polar surface area (TPSA) is 29.9 Å². The summed E-state index contributed by atoms with van der Waals surface area (Å²) in [5.74, 6) is 2.63. The Hall–Kier alpha value is -0.990. The summed E-state index contributed by atoms with van der Waals surface area (Å²) in [6.45, 7) is 10.1. The Morgan fingerprint density at radius 3 is 2.79 bits per heavy atom. The maximum atomic E-state index is 4.67. The highest BCUT2D eigenvalue weighted by atomic mass is 15.2. The van der Waals surface area contributed by atoms with Crippen molar-refractivity contribution in [2.24, 2.45) is 11.8 Å². The molecular weight excluding hydrogens is 234 g/mol. The average Bonchev–Trinajstić information content (AvgIpc) is 2.70. The van der Waals surface area contributed by atoms with Gasteiger partial charge in [-0.1, -0.05) is 33.6 Å². The molecule has 1 saturated carbocycles. The third-order valence-corrected chi connectivity index (χ3v) is 4.35. The first-order valence-corrected chi connectivity index (χ1v) is 7.92. The van der Waals surface area contributed by atoms with E-state index >= 15 is 0 Å². The van der Waals surface area contributed by atoms with E-state index < -0.39 is 0 Å². The quantitative estimate of drug-likeness (QED) is 0.861. The molecule has 1 aromatic rings. The standard InChI is InChI=1S/C16H29N3/c1-5-10-19-11-13(4)17-16(19)18-15-9-7-6-8-14(15)12(2)3/h11-12,14-15H,5-10H2,1-4H3,(H,17,18). The molecule has 1 N–H and O–H groups in total. The van der Waals surface area contributed by atoms with E-state index in [2.05, 4.69) is 48.8 Å². The van der Waals surface area contributed by atoms with Gasteiger partial charge in [0.05, 0.1) is 5.69 Å². The fourth-order valence-corrected chi connectivity index (χ4v) is 3.38. The summed E-state index contributed by atoms with van der Waals surface area (Å²) < 4.78 is 2.28. The van der Waals surface area contributed by atoms with E-state index in [-0.39, 0.29) is 0 Å². The van der Waals surface area contributed by atoms with Crippen LogP contribution in [0.4, 0.5) is 5.95 Å². The van der Waals surface area contributed by atoms with Crippen LogP contribution in [0.5, 0.6) is 0 Å². The van der Waals surface area contributed by atoms with Crippen LogP contribution in [-0.4, -0.2) is 15.6 Å². The fraction of sp³-hybridized carbons (Fsp3) is 0.812. The highest BCUT2D eigenvalue weighted by molar-refractivity contribution is 5.30. The number of aromatic nitrogens is 2. The minimum absolute atomic E-state index is 0.603. The van der Waals surface area contributed by atoms with Crippen LogP contribution in [0, 0.1) is 18.8 Å². The highest BCUT2D eigenvalue weighted by Gasteiger charge is 2.28. The van der Waals surface area contributed by atoms with Crippen molar-refractivity contribution in [3.8, 4) is 0 Å². The predicted octanol–water partition coefficient (Wildman–Crippen LogP) is 4.23. The molecule has 2 unspecified atom stereocenters. The van der Waals surface area contributed by atoms with Gasteiger partial charge >= 0.3 is 0 Å². The van der Waals surface area contributed by atoms with E-state index in [1.54, 1.807) is 0 Å². The maximum absolute atomic E-state index is 4.67. The normalized spacial score (nSPS) is 23.8. The van der Waals surface area contributed by atoms with Crippen molar-refractivity contribution in [1.29, 1.82) is 0 Å². The molecule has 1 aliphatic carbocycles. The number of hydrogen-bond acceptors (Lipinski definition) is 2. The minimum Gasteiger partial charge on any atom is -0.353 e. The molecule has 0 radical (unpaired) electrons. The van der Waals surface area contributed by atoms with E-state index in [0.717, 1.165) is 36.4 Å². The van der Waals surface area contributed by atoms with E-state index in [4.69, 9.17) is 0 Å². The fourth-order valence-electron chi connectivity index (χ4n) is 3.38. The summed E-state index contributed by atoms with van der Waals surface area (Å²) in [6.07, 6.45) is 8.73. The summed E-state index contributed by atoms with van der Waals surface area (Å²) in [5, 5.41) is 3.74. The third kappa shape index (κ3) is 3.52. The largest absolute Gasteiger partial charge is 0.353 e. The lowest BCUT2D eigenvalue weighted by Gasteiger charge is -2.35. The molecule has 1 heterocycles. The molecule has 3 heteroatoms. The van der Waals surface area contributed by atoms with Gasteiger partial charge in [0.2, 0.25) is 5.95 Å². The van der Waals surface area contributed by atoms with Gasteiger partial charge in [0.1, 0.15) is 0 Å². The molecular formula is C16H29N3. The van der Waals surface area contributed by atoms with Crippen molar-refractivity contribution in [3.63, 3.8) is 0 Å². The Morgan fingerprint density at radius 1 is 1.37 bits per heavy atom. The van der Waals surface area contributed by atoms with Crippen LogP contribution in [0.15, 0.2) is 6.20 Å². The molecule has 1 aliphatic rings. The van der Waals surface area contributed by atoms with Gasteiger partial charge in [-0.15, -0.1) is 0 Å². The summed E-state index contributed by atoms with van der Waals surface area (Å²) in [7, 11) is 0. The third-order valence-electron chi connectivity index (χ3n) is 4.35. The summed E-state index contributed by atoms with van der Waals surface area (Å²) >= 11 is 0. The maximum Gasteiger partial charge on any atom is 0.203 e. The van der Waals surface area contributed by atoms with E-state index in [9.17, 15) is 0 Å². The number of nitrogens with zero attached hydrogens (tertiary/aromatic N) is 2. The summed E-state index contributed by atoms with van der Waals surface area (Å²) in [5.41, 5.74) is 1.12. The Bertz CT molecular complexity index is 395. The van der Waals surface area contributed by atoms with Crippen LogP contribution in [0.25, 0.3) is 0 Å². The predicted molar refractivity (Wildman–Crippen MR) is 81.5 cm³/mol. The van der Waals surface area contributed by atoms with Gasteiger partial charge in [-0.3, -0.25) is 0 Å². The molecule has 2 atom stereocenters. The van der Waals surface area contributed by atoms with Crippen molar-refractivity contribution in [2.45, 2.75) is 72.4 Å². The van der Waals surface area contributed by atoms with Crippen molar-refractivity contribution in [3.05, 3.63) is 11.9 Å². The molecule has 0 amide bonds. The Morgan fingerprint density at radius 2 is 2.11 bits per heavy atom. The Labute approximate surface area is 117 Å². The molecule has 2 rings (SSSR count). The van der Waals surface area contributed by atoms with Crippen molar-refractivity contribution in [2.75, 3.05) is 5.32 Å². The molecule has 0 aliphatic heterocycles. The number of anilines is 1. The van der Waals surface area contributed by atoms with Crippen LogP contribution >= 0.6 is 0 Å². The summed E-state index contributed by atoms with van der Waals surface area (Å²) in [4.78, 5) is 4.67. The second kappa shape index (κ2) is 6.44. The summed E-state index contributed by atoms with van der Waals surface area (Å²) in [6, 6.07) is 0.603. The van der Waals surface area contributed by atoms with E-state index in [0.29, 0.717) is 6.04 Å². The lowest BCUT2D eigenvalue weighted by Crippen LogP contribution is -2.36. The second-order valence-corrected chi connectivity index (χ2v) is 6.34. The first-order valence-electron chi connectivity index (χ1n) is 7.92. The zero-order valence-electron chi connectivity index (χ0n) is 12.9. The number of rotatable bonds is 5. The van der Waals surface area contributed by atoms with E-state index in [1.807, 2.05) is 0 Å². The van der Waals surface area contributed by atoms with Crippen LogP contribution in [0.2, 0.25) is 0 Å². The van der Waals surface area contributed by atoms with Gasteiger partial charge in [0.25, 0.3) is 0 Å². The van der Waals surface area contributed by atoms with Crippen LogP contribution in [-0.2, 0) is 6.54 Å². The van der Waals surface area contributed by atoms with Gasteiger partial charge in [-0.05, 0) is 38.0 Å². The monoisotopic (exact) mass is 263 g/mol. The lowest BCUT2D eigenvalue weighted by molar-refractivity contribution is 0.252. The molecule has 19 heavy (non-hydrogen) atoms. The van der Waals surface area contributed by atoms with Crippen LogP contribution in [0.1, 0.15) is 58.6 Å². The first-order chi connectivity index (χ1) is 9.11. The van der Waals surface area contributed by atoms with Crippen molar-refractivity contribution < 1.29 is 0 Å². The Balaban J connectivity index is 2.10. The minimum atomic E-state index is 0.603. The van der Waals surface area contributed by atoms with Gasteiger partial charge in [-0.2, -0.15) is 0 Å². The molecule has 1 aromatic heterocycles. The molecule has 0 bridgehead atoms. The molecule has 108 valence electrons. The SMILES string of the molecule is CCCn1cc(C)nc1NC1CCCCC1C(C)C. The average molecular weight is 263 g/mol. The molecule has 0 spiro atoms. The smallest absolute Gasteiger partial charge is 0.203 e. The van der Waals surface area contributed by atoms with Gasteiger partial charge < -0.3 is 9.88 Å². The second-order valence-electron chi connectivity index (χ2n) is 6.34. The van der Waals surface area contributed by atoms with Crippen molar-refractivity contribution >= 4 is 5.95 Å². The number of nitrogens with one attached hydrogen (secondary N) is 1. The van der Waals surface area contributed by atoms with Crippen LogP contribution in [0.3, 0.4) is 0 Å². The zero-order chi connectivity index (χ0) is 13.8. The van der Waals surface area contributed by atoms with Gasteiger partial charge in [0, 0.05) is 18.8 Å². The van der Waals surface area contributed by atoms with E-state index in [1.165, 1.54) is 25.7 Å². The van der Waals surface area contributed by atoms with Crippen molar-refractivity contribution in [1.82, 2.24) is 9.55 Å². The first kappa shape index (κ1) is 14.4.